The number of thiocarbonyl (C=S) groups is 1. The van der Waals surface area contributed by atoms with E-state index in [1.165, 1.54) is 11.8 Å². The molecule has 0 aliphatic carbocycles. The van der Waals surface area contributed by atoms with Crippen molar-refractivity contribution in [1.29, 1.82) is 0 Å². The highest BCUT2D eigenvalue weighted by molar-refractivity contribution is 8.23. The summed E-state index contributed by atoms with van der Waals surface area (Å²) in [7, 11) is 0. The van der Waals surface area contributed by atoms with Crippen molar-refractivity contribution in [3.8, 4) is 0 Å². The zero-order valence-electron chi connectivity index (χ0n) is 7.40. The van der Waals surface area contributed by atoms with Crippen LogP contribution in [0.2, 0.25) is 0 Å². The van der Waals surface area contributed by atoms with Gasteiger partial charge in [0, 0.05) is 5.75 Å². The third-order valence-corrected chi connectivity index (χ3v) is 3.44. The molecule has 1 aliphatic heterocycles. The molecule has 1 heterocycles. The highest BCUT2D eigenvalue weighted by Crippen LogP contribution is 2.25. The van der Waals surface area contributed by atoms with E-state index in [-0.39, 0.29) is 11.8 Å². The maximum Gasteiger partial charge on any atom is 0.233 e. The van der Waals surface area contributed by atoms with Gasteiger partial charge in [-0.1, -0.05) is 54.3 Å². The third-order valence-electron chi connectivity index (χ3n) is 2.12. The molecule has 1 amide bonds. The average molecular weight is 223 g/mol. The first-order chi connectivity index (χ1) is 6.77. The number of hydrogen-bond acceptors (Lipinski definition) is 3. The molecule has 0 bridgehead atoms. The molecule has 1 fully saturated rings. The van der Waals surface area contributed by atoms with E-state index in [0.29, 0.717) is 4.32 Å². The van der Waals surface area contributed by atoms with Gasteiger partial charge in [0.25, 0.3) is 0 Å². The molecule has 1 unspecified atom stereocenters. The average Bonchev–Trinajstić information content (AvgIpc) is 2.19. The Morgan fingerprint density at radius 1 is 1.36 bits per heavy atom. The lowest BCUT2D eigenvalue weighted by Crippen LogP contribution is -2.37. The Morgan fingerprint density at radius 3 is 2.71 bits per heavy atom. The van der Waals surface area contributed by atoms with E-state index in [2.05, 4.69) is 5.32 Å². The van der Waals surface area contributed by atoms with Gasteiger partial charge in [-0.3, -0.25) is 4.79 Å². The minimum absolute atomic E-state index is 0.0138. The summed E-state index contributed by atoms with van der Waals surface area (Å²) in [5.74, 6) is 0.696. The van der Waals surface area contributed by atoms with Crippen LogP contribution in [-0.4, -0.2) is 16.0 Å². The normalized spacial score (nSPS) is 21.9. The van der Waals surface area contributed by atoms with Gasteiger partial charge in [0.15, 0.2) is 0 Å². The summed E-state index contributed by atoms with van der Waals surface area (Å²) in [6.45, 7) is 0. The second-order valence-corrected chi connectivity index (χ2v) is 4.75. The molecule has 0 saturated carbocycles. The Bertz CT molecular complexity index is 364. The minimum atomic E-state index is -0.0621. The summed E-state index contributed by atoms with van der Waals surface area (Å²) in [5, 5.41) is 2.68. The van der Waals surface area contributed by atoms with E-state index in [9.17, 15) is 4.79 Å². The monoisotopic (exact) mass is 223 g/mol. The predicted molar refractivity (Wildman–Crippen MR) is 62.4 cm³/mol. The second-order valence-electron chi connectivity index (χ2n) is 3.05. The van der Waals surface area contributed by atoms with Crippen LogP contribution in [0.5, 0.6) is 0 Å². The number of hydrogen-bond donors (Lipinski definition) is 1. The van der Waals surface area contributed by atoms with Crippen LogP contribution in [0.1, 0.15) is 11.5 Å². The Hall–Kier alpha value is -0.870. The van der Waals surface area contributed by atoms with Crippen molar-refractivity contribution < 1.29 is 4.79 Å². The summed E-state index contributed by atoms with van der Waals surface area (Å²) in [5.41, 5.74) is 1.06. The Morgan fingerprint density at radius 2 is 2.07 bits per heavy atom. The molecule has 1 saturated heterocycles. The number of carbonyl (C=O) groups is 1. The second kappa shape index (κ2) is 4.11. The first-order valence-electron chi connectivity index (χ1n) is 4.30. The molecule has 1 aromatic carbocycles. The number of carbonyl (C=O) groups excluding carboxylic acids is 1. The molecule has 14 heavy (non-hydrogen) atoms. The van der Waals surface area contributed by atoms with E-state index >= 15 is 0 Å². The maximum atomic E-state index is 11.6. The van der Waals surface area contributed by atoms with Crippen LogP contribution in [0.3, 0.4) is 0 Å². The lowest BCUT2D eigenvalue weighted by molar-refractivity contribution is -0.120. The Balaban J connectivity index is 2.20. The SMILES string of the molecule is O=C1NC(=S)SCC1c1ccccc1. The maximum absolute atomic E-state index is 11.6. The smallest absolute Gasteiger partial charge is 0.233 e. The molecule has 1 aliphatic rings. The number of amides is 1. The fourth-order valence-electron chi connectivity index (χ4n) is 1.39. The number of rotatable bonds is 1. The van der Waals surface area contributed by atoms with Crippen molar-refractivity contribution >= 4 is 34.2 Å². The van der Waals surface area contributed by atoms with Gasteiger partial charge in [-0.25, -0.2) is 0 Å². The van der Waals surface area contributed by atoms with Crippen LogP contribution in [0.15, 0.2) is 30.3 Å². The van der Waals surface area contributed by atoms with Crippen LogP contribution in [0, 0.1) is 0 Å². The van der Waals surface area contributed by atoms with Gasteiger partial charge in [-0.2, -0.15) is 0 Å². The van der Waals surface area contributed by atoms with Crippen LogP contribution < -0.4 is 5.32 Å². The summed E-state index contributed by atoms with van der Waals surface area (Å²) in [6.07, 6.45) is 0. The fraction of sp³-hybridized carbons (Fsp3) is 0.200. The first-order valence-corrected chi connectivity index (χ1v) is 5.69. The van der Waals surface area contributed by atoms with Gasteiger partial charge >= 0.3 is 0 Å². The Labute approximate surface area is 92.1 Å². The van der Waals surface area contributed by atoms with Crippen molar-refractivity contribution in [3.63, 3.8) is 0 Å². The van der Waals surface area contributed by atoms with Gasteiger partial charge in [0.05, 0.1) is 5.92 Å². The van der Waals surface area contributed by atoms with E-state index < -0.39 is 0 Å². The molecule has 1 N–H and O–H groups in total. The number of thioether (sulfide) groups is 1. The molecule has 0 radical (unpaired) electrons. The molecular formula is C10H9NOS2. The highest BCUT2D eigenvalue weighted by Gasteiger charge is 2.26. The minimum Gasteiger partial charge on any atom is -0.311 e. The van der Waals surface area contributed by atoms with Crippen molar-refractivity contribution in [3.05, 3.63) is 35.9 Å². The lowest BCUT2D eigenvalue weighted by Gasteiger charge is -2.21. The standard InChI is InChI=1S/C10H9NOS2/c12-9-8(6-14-10(13)11-9)7-4-2-1-3-5-7/h1-5,8H,6H2,(H,11,12,13). The summed E-state index contributed by atoms with van der Waals surface area (Å²) in [4.78, 5) is 11.6. The van der Waals surface area contributed by atoms with Crippen LogP contribution in [0.4, 0.5) is 0 Å². The molecule has 2 nitrogen and oxygen atoms in total. The first kappa shape index (κ1) is 9.68. The van der Waals surface area contributed by atoms with E-state index in [1.54, 1.807) is 0 Å². The van der Waals surface area contributed by atoms with Crippen molar-refractivity contribution in [2.24, 2.45) is 0 Å². The van der Waals surface area contributed by atoms with E-state index in [0.717, 1.165) is 11.3 Å². The van der Waals surface area contributed by atoms with Gasteiger partial charge in [0.1, 0.15) is 4.32 Å². The predicted octanol–water partition coefficient (Wildman–Crippen LogP) is 1.92. The highest BCUT2D eigenvalue weighted by atomic mass is 32.2. The van der Waals surface area contributed by atoms with Crippen molar-refractivity contribution in [2.45, 2.75) is 5.92 Å². The summed E-state index contributed by atoms with van der Waals surface area (Å²) < 4.78 is 0.585. The molecule has 1 aromatic rings. The molecule has 4 heteroatoms. The van der Waals surface area contributed by atoms with Gasteiger partial charge in [-0.15, -0.1) is 0 Å². The molecular weight excluding hydrogens is 214 g/mol. The molecule has 1 atom stereocenters. The van der Waals surface area contributed by atoms with Crippen LogP contribution >= 0.6 is 24.0 Å². The van der Waals surface area contributed by atoms with Gasteiger partial charge in [0.2, 0.25) is 5.91 Å². The third kappa shape index (κ3) is 1.96. The van der Waals surface area contributed by atoms with Crippen LogP contribution in [-0.2, 0) is 4.79 Å². The van der Waals surface area contributed by atoms with Gasteiger partial charge < -0.3 is 5.32 Å². The fourth-order valence-corrected chi connectivity index (χ4v) is 2.53. The summed E-state index contributed by atoms with van der Waals surface area (Å²) in [6, 6.07) is 9.78. The van der Waals surface area contributed by atoms with E-state index in [1.807, 2.05) is 30.3 Å². The molecule has 0 spiro atoms. The Kier molecular flexibility index (Phi) is 2.84. The molecule has 0 aromatic heterocycles. The molecule has 72 valence electrons. The number of benzene rings is 1. The topological polar surface area (TPSA) is 29.1 Å². The zero-order valence-corrected chi connectivity index (χ0v) is 9.03. The largest absolute Gasteiger partial charge is 0.311 e. The van der Waals surface area contributed by atoms with Crippen molar-refractivity contribution in [2.75, 3.05) is 5.75 Å². The quantitative estimate of drug-likeness (QED) is 0.737. The number of nitrogens with one attached hydrogen (secondary N) is 1. The van der Waals surface area contributed by atoms with Gasteiger partial charge in [-0.05, 0) is 5.56 Å². The van der Waals surface area contributed by atoms with Crippen LogP contribution in [0.25, 0.3) is 0 Å². The van der Waals surface area contributed by atoms with Crippen molar-refractivity contribution in [1.82, 2.24) is 5.32 Å². The van der Waals surface area contributed by atoms with E-state index in [4.69, 9.17) is 12.2 Å². The summed E-state index contributed by atoms with van der Waals surface area (Å²) >= 11 is 6.44. The lowest BCUT2D eigenvalue weighted by atomic mass is 10.0. The zero-order chi connectivity index (χ0) is 9.97. The molecule has 2 rings (SSSR count).